The van der Waals surface area contributed by atoms with Crippen LogP contribution in [-0.4, -0.2) is 108 Å². The first-order valence-electron chi connectivity index (χ1n) is 15.3. The van der Waals surface area contributed by atoms with E-state index in [2.05, 4.69) is 56.1 Å². The fourth-order valence-corrected chi connectivity index (χ4v) is 6.28. The number of primary amides is 1. The van der Waals surface area contributed by atoms with Crippen LogP contribution in [0.1, 0.15) is 48.8 Å². The standard InChI is InChI=1S/C31H45N9O2/c1-4-26-30(34-23-7-6-14-40(21-23)27(41)5-2)36-31(28(35-26)29(32)42)33-22-8-10-24(11-9-22)38-15-12-25(13-16-38)39-19-17-37(3)18-20-39/h5,8-11,23,25H,2,4,6-7,12-21H2,1,3H3,(H2,32,42)(H2,33,34,36)/t23-/m1/s1. The highest BCUT2D eigenvalue weighted by Crippen LogP contribution is 2.28. The number of nitrogens with one attached hydrogen (secondary N) is 2. The number of likely N-dealkylation sites (tertiary alicyclic amines) is 1. The molecule has 3 fully saturated rings. The molecule has 2 amide bonds. The van der Waals surface area contributed by atoms with Crippen LogP contribution in [0.25, 0.3) is 0 Å². The minimum absolute atomic E-state index is 0.0224. The number of amides is 2. The van der Waals surface area contributed by atoms with E-state index in [1.165, 1.54) is 37.7 Å². The number of hydrogen-bond donors (Lipinski definition) is 3. The van der Waals surface area contributed by atoms with Gasteiger partial charge in [0.25, 0.3) is 5.91 Å². The molecule has 5 rings (SSSR count). The number of aromatic nitrogens is 2. The Bertz CT molecular complexity index is 1250. The van der Waals surface area contributed by atoms with Gasteiger partial charge in [-0.15, -0.1) is 0 Å². The predicted octanol–water partition coefficient (Wildman–Crippen LogP) is 2.69. The molecular weight excluding hydrogens is 530 g/mol. The quantitative estimate of drug-likeness (QED) is 0.387. The summed E-state index contributed by atoms with van der Waals surface area (Å²) >= 11 is 0. The molecule has 0 saturated carbocycles. The van der Waals surface area contributed by atoms with E-state index >= 15 is 0 Å². The third kappa shape index (κ3) is 7.01. The average Bonchev–Trinajstić information content (AvgIpc) is 3.01. The van der Waals surface area contributed by atoms with Crippen molar-refractivity contribution in [1.82, 2.24) is 24.7 Å². The number of hydrogen-bond acceptors (Lipinski definition) is 9. The molecule has 2 aromatic rings. The average molecular weight is 576 g/mol. The van der Waals surface area contributed by atoms with E-state index in [-0.39, 0.29) is 17.6 Å². The number of carbonyl (C=O) groups is 2. The van der Waals surface area contributed by atoms with Crippen LogP contribution in [-0.2, 0) is 11.2 Å². The Kier molecular flexibility index (Phi) is 9.58. The van der Waals surface area contributed by atoms with Gasteiger partial charge < -0.3 is 31.1 Å². The van der Waals surface area contributed by atoms with Gasteiger partial charge in [0.15, 0.2) is 17.3 Å². The predicted molar refractivity (Wildman–Crippen MR) is 167 cm³/mol. The third-order valence-corrected chi connectivity index (χ3v) is 8.80. The summed E-state index contributed by atoms with van der Waals surface area (Å²) in [7, 11) is 2.20. The molecule has 3 aliphatic rings. The van der Waals surface area contributed by atoms with Crippen LogP contribution in [0.2, 0.25) is 0 Å². The van der Waals surface area contributed by atoms with E-state index in [1.54, 1.807) is 4.90 Å². The summed E-state index contributed by atoms with van der Waals surface area (Å²) < 4.78 is 0. The normalized spacial score (nSPS) is 20.8. The van der Waals surface area contributed by atoms with Crippen molar-refractivity contribution in [1.29, 1.82) is 0 Å². The zero-order valence-electron chi connectivity index (χ0n) is 25.0. The van der Waals surface area contributed by atoms with Gasteiger partial charge in [-0.2, -0.15) is 0 Å². The Morgan fingerprint density at radius 2 is 1.71 bits per heavy atom. The molecule has 0 bridgehead atoms. The van der Waals surface area contributed by atoms with E-state index in [9.17, 15) is 9.59 Å². The first-order valence-corrected chi connectivity index (χ1v) is 15.3. The summed E-state index contributed by atoms with van der Waals surface area (Å²) in [6.07, 6.45) is 6.09. The number of carbonyl (C=O) groups excluding carboxylic acids is 2. The van der Waals surface area contributed by atoms with E-state index < -0.39 is 5.91 Å². The number of piperazine rings is 1. The molecule has 4 N–H and O–H groups in total. The molecule has 4 heterocycles. The van der Waals surface area contributed by atoms with Gasteiger partial charge in [0, 0.05) is 75.8 Å². The van der Waals surface area contributed by atoms with E-state index in [4.69, 9.17) is 10.7 Å². The van der Waals surface area contributed by atoms with Crippen LogP contribution in [0.5, 0.6) is 0 Å². The largest absolute Gasteiger partial charge is 0.371 e. The van der Waals surface area contributed by atoms with Crippen LogP contribution in [0.3, 0.4) is 0 Å². The van der Waals surface area contributed by atoms with E-state index in [1.807, 2.05) is 19.1 Å². The highest BCUT2D eigenvalue weighted by atomic mass is 16.2. The summed E-state index contributed by atoms with van der Waals surface area (Å²) in [4.78, 5) is 43.2. The molecule has 226 valence electrons. The molecule has 0 aliphatic carbocycles. The molecular formula is C31H45N9O2. The Morgan fingerprint density at radius 1 is 1.00 bits per heavy atom. The van der Waals surface area contributed by atoms with Gasteiger partial charge >= 0.3 is 0 Å². The smallest absolute Gasteiger partial charge is 0.271 e. The lowest BCUT2D eigenvalue weighted by molar-refractivity contribution is -0.127. The number of anilines is 4. The molecule has 0 spiro atoms. The van der Waals surface area contributed by atoms with Crippen molar-refractivity contribution in [3.05, 3.63) is 48.3 Å². The zero-order valence-corrected chi connectivity index (χ0v) is 25.0. The van der Waals surface area contributed by atoms with Gasteiger partial charge in [0.1, 0.15) is 0 Å². The van der Waals surface area contributed by atoms with Gasteiger partial charge in [-0.3, -0.25) is 14.5 Å². The van der Waals surface area contributed by atoms with Gasteiger partial charge in [0.2, 0.25) is 5.91 Å². The second-order valence-corrected chi connectivity index (χ2v) is 11.6. The summed E-state index contributed by atoms with van der Waals surface area (Å²) in [6.45, 7) is 13.6. The van der Waals surface area contributed by atoms with E-state index in [0.29, 0.717) is 42.9 Å². The van der Waals surface area contributed by atoms with Crippen molar-refractivity contribution >= 4 is 34.8 Å². The monoisotopic (exact) mass is 575 g/mol. The van der Waals surface area contributed by atoms with Crippen LogP contribution in [0, 0.1) is 0 Å². The van der Waals surface area contributed by atoms with Crippen molar-refractivity contribution in [2.45, 2.75) is 51.1 Å². The number of likely N-dealkylation sites (N-methyl/N-ethyl adjacent to an activating group) is 1. The van der Waals surface area contributed by atoms with Gasteiger partial charge in [-0.25, -0.2) is 9.97 Å². The van der Waals surface area contributed by atoms with Gasteiger partial charge in [0.05, 0.1) is 5.69 Å². The Labute approximate surface area is 249 Å². The number of rotatable bonds is 9. The van der Waals surface area contributed by atoms with Crippen LogP contribution in [0.15, 0.2) is 36.9 Å². The second kappa shape index (κ2) is 13.5. The summed E-state index contributed by atoms with van der Waals surface area (Å²) in [6, 6.07) is 8.94. The minimum atomic E-state index is -0.633. The fraction of sp³-hybridized carbons (Fsp3) is 0.548. The Morgan fingerprint density at radius 3 is 2.36 bits per heavy atom. The van der Waals surface area contributed by atoms with Crippen molar-refractivity contribution in [3.63, 3.8) is 0 Å². The fourth-order valence-electron chi connectivity index (χ4n) is 6.28. The number of piperidine rings is 2. The number of nitrogens with zero attached hydrogens (tertiary/aromatic N) is 6. The molecule has 3 saturated heterocycles. The highest BCUT2D eigenvalue weighted by molar-refractivity contribution is 5.96. The first-order chi connectivity index (χ1) is 20.3. The lowest BCUT2D eigenvalue weighted by Gasteiger charge is -2.42. The molecule has 1 aromatic heterocycles. The Hall–Kier alpha value is -3.70. The van der Waals surface area contributed by atoms with Crippen LogP contribution < -0.4 is 21.3 Å². The van der Waals surface area contributed by atoms with Crippen LogP contribution >= 0.6 is 0 Å². The molecule has 11 nitrogen and oxygen atoms in total. The second-order valence-electron chi connectivity index (χ2n) is 11.6. The number of benzene rings is 1. The van der Waals surface area contributed by atoms with Crippen LogP contribution in [0.4, 0.5) is 23.0 Å². The zero-order chi connectivity index (χ0) is 29.6. The first kappa shape index (κ1) is 29.8. The van der Waals surface area contributed by atoms with Crippen molar-refractivity contribution < 1.29 is 9.59 Å². The van der Waals surface area contributed by atoms with Gasteiger partial charge in [-0.05, 0) is 69.5 Å². The maximum atomic E-state index is 12.3. The molecule has 42 heavy (non-hydrogen) atoms. The maximum Gasteiger partial charge on any atom is 0.271 e. The lowest BCUT2D eigenvalue weighted by Crippen LogP contribution is -2.52. The maximum absolute atomic E-state index is 12.3. The summed E-state index contributed by atoms with van der Waals surface area (Å²) in [5, 5.41) is 6.76. The van der Waals surface area contributed by atoms with Gasteiger partial charge in [-0.1, -0.05) is 13.5 Å². The van der Waals surface area contributed by atoms with Crippen molar-refractivity contribution in [2.75, 3.05) is 74.9 Å². The molecule has 0 unspecified atom stereocenters. The molecule has 1 atom stereocenters. The Balaban J connectivity index is 1.25. The lowest BCUT2D eigenvalue weighted by atomic mass is 10.0. The molecule has 1 aromatic carbocycles. The summed E-state index contributed by atoms with van der Waals surface area (Å²) in [5.74, 6) is 0.213. The minimum Gasteiger partial charge on any atom is -0.371 e. The topological polar surface area (TPSA) is 123 Å². The molecule has 11 heteroatoms. The third-order valence-electron chi connectivity index (χ3n) is 8.80. The SMILES string of the molecule is C=CC(=O)N1CCC[C@@H](Nc2nc(Nc3ccc(N4CCC(N5CCN(C)CC5)CC4)cc3)c(C(N)=O)nc2CC)C1. The summed E-state index contributed by atoms with van der Waals surface area (Å²) in [5.41, 5.74) is 8.49. The number of aryl methyl sites for hydroxylation is 1. The molecule has 0 radical (unpaired) electrons. The van der Waals surface area contributed by atoms with E-state index in [0.717, 1.165) is 44.7 Å². The van der Waals surface area contributed by atoms with Crippen molar-refractivity contribution in [3.8, 4) is 0 Å². The highest BCUT2D eigenvalue weighted by Gasteiger charge is 2.27. The molecule has 3 aliphatic heterocycles. The number of nitrogens with two attached hydrogens (primary N) is 1. The van der Waals surface area contributed by atoms with Crippen molar-refractivity contribution in [2.24, 2.45) is 5.73 Å².